The Hall–Kier alpha value is -1.62. The molecule has 0 rings (SSSR count). The number of likely N-dealkylation sites (N-methyl/N-ethyl adjacent to an activating group) is 2. The zero-order valence-corrected chi connectivity index (χ0v) is 18.8. The van der Waals surface area contributed by atoms with Gasteiger partial charge in [0.05, 0.1) is 12.0 Å². The van der Waals surface area contributed by atoms with Crippen molar-refractivity contribution in [3.05, 3.63) is 23.8 Å². The van der Waals surface area contributed by atoms with E-state index in [0.29, 0.717) is 0 Å². The molecule has 0 aliphatic carbocycles. The number of nitrogens with zero attached hydrogens (tertiary/aromatic N) is 1. The second-order valence-corrected chi connectivity index (χ2v) is 9.13. The van der Waals surface area contributed by atoms with Gasteiger partial charge < -0.3 is 15.3 Å². The molecule has 0 aliphatic heterocycles. The van der Waals surface area contributed by atoms with Crippen molar-refractivity contribution in [3.8, 4) is 0 Å². The largest absolute Gasteiger partial charge is 0.478 e. The van der Waals surface area contributed by atoms with Gasteiger partial charge in [-0.3, -0.25) is 4.79 Å². The van der Waals surface area contributed by atoms with Gasteiger partial charge in [0.2, 0.25) is 5.91 Å². The highest BCUT2D eigenvalue weighted by Crippen LogP contribution is 2.24. The summed E-state index contributed by atoms with van der Waals surface area (Å²) >= 11 is 0. The molecule has 5 nitrogen and oxygen atoms in total. The van der Waals surface area contributed by atoms with Crippen LogP contribution >= 0.6 is 0 Å². The molecule has 3 atom stereocenters. The van der Waals surface area contributed by atoms with Gasteiger partial charge in [-0.15, -0.1) is 0 Å². The topological polar surface area (TPSA) is 69.6 Å². The minimum absolute atomic E-state index is 0.0122. The first-order valence-electron chi connectivity index (χ1n) is 9.77. The molecule has 0 aromatic heterocycles. The summed E-state index contributed by atoms with van der Waals surface area (Å²) in [6.07, 6.45) is 5.76. The summed E-state index contributed by atoms with van der Waals surface area (Å²) in [4.78, 5) is 26.1. The molecule has 0 fully saturated rings. The molecule has 0 radical (unpaired) electrons. The Morgan fingerprint density at radius 2 is 1.56 bits per heavy atom. The Balaban J connectivity index is 5.68. The van der Waals surface area contributed by atoms with Gasteiger partial charge in [0.1, 0.15) is 0 Å². The highest BCUT2D eigenvalue weighted by atomic mass is 16.4. The Labute approximate surface area is 165 Å². The minimum atomic E-state index is -0.955. The number of carboxylic acid groups (broad SMARTS) is 1. The first kappa shape index (κ1) is 25.4. The number of carbonyl (C=O) groups excluding carboxylic acids is 1. The van der Waals surface area contributed by atoms with E-state index >= 15 is 0 Å². The van der Waals surface area contributed by atoms with E-state index in [1.165, 1.54) is 0 Å². The molecule has 5 heteroatoms. The first-order chi connectivity index (χ1) is 12.2. The van der Waals surface area contributed by atoms with Gasteiger partial charge >= 0.3 is 5.97 Å². The molecule has 0 unspecified atom stereocenters. The number of carbonyl (C=O) groups is 2. The van der Waals surface area contributed by atoms with Gasteiger partial charge in [-0.05, 0) is 31.2 Å². The molecule has 0 saturated carbocycles. The lowest BCUT2D eigenvalue weighted by Gasteiger charge is -2.33. The number of nitrogens with one attached hydrogen (secondary N) is 1. The van der Waals surface area contributed by atoms with Crippen LogP contribution in [-0.4, -0.2) is 48.1 Å². The van der Waals surface area contributed by atoms with Crippen molar-refractivity contribution in [2.75, 3.05) is 14.1 Å². The monoisotopic (exact) mass is 380 g/mol. The SMILES string of the molecule is CN[C@H](/C=C/[C@@H](C(=O)N(C)[C@H](/C=C(\C)C(=O)O)C(C)C)C(C)C)C(C)(C)C. The molecular weight excluding hydrogens is 340 g/mol. The molecule has 0 heterocycles. The third kappa shape index (κ3) is 7.87. The maximum atomic E-state index is 13.2. The number of rotatable bonds is 9. The molecule has 0 aromatic carbocycles. The lowest BCUT2D eigenvalue weighted by molar-refractivity contribution is -0.136. The third-order valence-corrected chi connectivity index (χ3v) is 4.99. The zero-order valence-electron chi connectivity index (χ0n) is 18.8. The molecule has 0 saturated heterocycles. The number of amides is 1. The maximum Gasteiger partial charge on any atom is 0.331 e. The van der Waals surface area contributed by atoms with E-state index in [1.54, 1.807) is 24.9 Å². The van der Waals surface area contributed by atoms with Crippen molar-refractivity contribution < 1.29 is 14.7 Å². The Morgan fingerprint density at radius 1 is 1.04 bits per heavy atom. The van der Waals surface area contributed by atoms with Crippen LogP contribution in [0.15, 0.2) is 23.8 Å². The summed E-state index contributed by atoms with van der Waals surface area (Å²) in [7, 11) is 3.69. The zero-order chi connectivity index (χ0) is 21.5. The van der Waals surface area contributed by atoms with Crippen LogP contribution in [0.5, 0.6) is 0 Å². The minimum Gasteiger partial charge on any atom is -0.478 e. The van der Waals surface area contributed by atoms with Gasteiger partial charge in [-0.2, -0.15) is 0 Å². The number of hydrogen-bond acceptors (Lipinski definition) is 3. The van der Waals surface area contributed by atoms with Crippen LogP contribution in [-0.2, 0) is 9.59 Å². The van der Waals surface area contributed by atoms with Crippen molar-refractivity contribution in [3.63, 3.8) is 0 Å². The second kappa shape index (κ2) is 10.6. The van der Waals surface area contributed by atoms with Crippen LogP contribution in [0.25, 0.3) is 0 Å². The number of hydrogen-bond donors (Lipinski definition) is 2. The molecule has 0 aliphatic rings. The summed E-state index contributed by atoms with van der Waals surface area (Å²) in [5.74, 6) is -0.939. The van der Waals surface area contributed by atoms with Gasteiger partial charge in [0.15, 0.2) is 0 Å². The standard InChI is InChI=1S/C22H40N2O3/c1-14(2)17(11-12-19(23-9)22(6,7)8)20(25)24(10)18(15(3)4)13-16(5)21(26)27/h11-15,17-19,23H,1-10H3,(H,26,27)/b12-11+,16-13+/t17-,18-,19-/m1/s1. The van der Waals surface area contributed by atoms with E-state index in [2.05, 4.69) is 32.2 Å². The number of aliphatic carboxylic acids is 1. The fourth-order valence-corrected chi connectivity index (χ4v) is 3.10. The average molecular weight is 381 g/mol. The normalized spacial score (nSPS) is 16.7. The van der Waals surface area contributed by atoms with E-state index < -0.39 is 5.97 Å². The van der Waals surface area contributed by atoms with Crippen molar-refractivity contribution in [2.45, 2.75) is 67.5 Å². The highest BCUT2D eigenvalue weighted by molar-refractivity contribution is 5.86. The van der Waals surface area contributed by atoms with Crippen LogP contribution in [0, 0.1) is 23.2 Å². The summed E-state index contributed by atoms with van der Waals surface area (Å²) in [6, 6.07) is -0.0992. The summed E-state index contributed by atoms with van der Waals surface area (Å²) in [5, 5.41) is 12.5. The van der Waals surface area contributed by atoms with Crippen LogP contribution in [0.2, 0.25) is 0 Å². The summed E-state index contributed by atoms with van der Waals surface area (Å²) in [6.45, 7) is 16.1. The van der Waals surface area contributed by atoms with Crippen molar-refractivity contribution >= 4 is 11.9 Å². The van der Waals surface area contributed by atoms with E-state index in [0.717, 1.165) is 0 Å². The van der Waals surface area contributed by atoms with E-state index in [1.807, 2.05) is 40.8 Å². The molecule has 2 N–H and O–H groups in total. The maximum absolute atomic E-state index is 13.2. The van der Waals surface area contributed by atoms with Gasteiger partial charge in [0.25, 0.3) is 0 Å². The van der Waals surface area contributed by atoms with Crippen LogP contribution in [0.3, 0.4) is 0 Å². The molecule has 0 spiro atoms. The Morgan fingerprint density at radius 3 is 1.89 bits per heavy atom. The van der Waals surface area contributed by atoms with Gasteiger partial charge in [0, 0.05) is 18.7 Å². The predicted molar refractivity (Wildman–Crippen MR) is 113 cm³/mol. The summed E-state index contributed by atoms with van der Waals surface area (Å²) in [5.41, 5.74) is 0.303. The average Bonchev–Trinajstić information content (AvgIpc) is 2.53. The quantitative estimate of drug-likeness (QED) is 0.469. The Bertz CT molecular complexity index is 556. The van der Waals surface area contributed by atoms with E-state index in [4.69, 9.17) is 0 Å². The third-order valence-electron chi connectivity index (χ3n) is 4.99. The highest BCUT2D eigenvalue weighted by Gasteiger charge is 2.29. The van der Waals surface area contributed by atoms with Gasteiger partial charge in [-0.1, -0.05) is 66.7 Å². The lowest BCUT2D eigenvalue weighted by Crippen LogP contribution is -2.44. The molecule has 0 bridgehead atoms. The predicted octanol–water partition coefficient (Wildman–Crippen LogP) is 3.96. The molecule has 156 valence electrons. The van der Waals surface area contributed by atoms with Crippen molar-refractivity contribution in [1.82, 2.24) is 10.2 Å². The van der Waals surface area contributed by atoms with Crippen LogP contribution < -0.4 is 5.32 Å². The Kier molecular flexibility index (Phi) is 10.0. The molecule has 27 heavy (non-hydrogen) atoms. The van der Waals surface area contributed by atoms with Crippen LogP contribution in [0.4, 0.5) is 0 Å². The molecule has 0 aromatic rings. The smallest absolute Gasteiger partial charge is 0.331 e. The summed E-state index contributed by atoms with van der Waals surface area (Å²) < 4.78 is 0. The fourth-order valence-electron chi connectivity index (χ4n) is 3.10. The van der Waals surface area contributed by atoms with Crippen LogP contribution in [0.1, 0.15) is 55.4 Å². The first-order valence-corrected chi connectivity index (χ1v) is 9.77. The molecular formula is C22H40N2O3. The van der Waals surface area contributed by atoms with Gasteiger partial charge in [-0.25, -0.2) is 4.79 Å². The van der Waals surface area contributed by atoms with E-state index in [-0.39, 0.29) is 46.7 Å². The van der Waals surface area contributed by atoms with Crippen molar-refractivity contribution in [2.24, 2.45) is 23.2 Å². The lowest BCUT2D eigenvalue weighted by atomic mass is 9.84. The van der Waals surface area contributed by atoms with E-state index in [9.17, 15) is 14.7 Å². The van der Waals surface area contributed by atoms with Crippen molar-refractivity contribution in [1.29, 1.82) is 0 Å². The number of carboxylic acids is 1. The molecule has 1 amide bonds. The fraction of sp³-hybridized carbons (Fsp3) is 0.727. The second-order valence-electron chi connectivity index (χ2n) is 9.13.